The van der Waals surface area contributed by atoms with Crippen LogP contribution >= 0.6 is 0 Å². The quantitative estimate of drug-likeness (QED) is 0.752. The van der Waals surface area contributed by atoms with Crippen molar-refractivity contribution in [3.8, 4) is 11.3 Å². The number of fused-ring (bicyclic) bond motifs is 1. The highest BCUT2D eigenvalue weighted by atomic mass is 16.4. The topological polar surface area (TPSA) is 70.7 Å². The number of hydrogen-bond donors (Lipinski definition) is 1. The summed E-state index contributed by atoms with van der Waals surface area (Å²) in [4.78, 5) is 18.6. The van der Waals surface area contributed by atoms with E-state index in [9.17, 15) is 9.90 Å². The van der Waals surface area contributed by atoms with E-state index in [0.29, 0.717) is 5.41 Å². The minimum Gasteiger partial charge on any atom is -0.481 e. The molecule has 28 heavy (non-hydrogen) atoms. The Morgan fingerprint density at radius 1 is 1.14 bits per heavy atom. The molecule has 1 N–H and O–H groups in total. The van der Waals surface area contributed by atoms with Gasteiger partial charge in [-0.1, -0.05) is 30.3 Å². The number of anilines is 1. The third-order valence-corrected chi connectivity index (χ3v) is 6.36. The maximum Gasteiger partial charge on any atom is 0.308 e. The molecule has 2 aromatic heterocycles. The Kier molecular flexibility index (Phi) is 3.89. The zero-order chi connectivity index (χ0) is 19.3. The fourth-order valence-corrected chi connectivity index (χ4v) is 4.44. The summed E-state index contributed by atoms with van der Waals surface area (Å²) < 4.78 is 1.86. The molecule has 3 heterocycles. The molecule has 6 heteroatoms. The van der Waals surface area contributed by atoms with Gasteiger partial charge in [0.1, 0.15) is 5.82 Å². The lowest BCUT2D eigenvalue weighted by molar-refractivity contribution is -0.136. The molecule has 0 amide bonds. The molecule has 144 valence electrons. The number of rotatable bonds is 4. The molecule has 0 unspecified atom stereocenters. The van der Waals surface area contributed by atoms with Crippen molar-refractivity contribution in [2.75, 3.05) is 18.0 Å². The number of hydrogen-bond acceptors (Lipinski definition) is 4. The second kappa shape index (κ2) is 6.33. The maximum atomic E-state index is 11.6. The Balaban J connectivity index is 1.64. The van der Waals surface area contributed by atoms with Gasteiger partial charge in [-0.15, -0.1) is 0 Å². The average Bonchev–Trinajstić information content (AvgIpc) is 3.31. The first-order valence-electron chi connectivity index (χ1n) is 9.96. The van der Waals surface area contributed by atoms with Crippen LogP contribution in [-0.2, 0) is 11.2 Å². The summed E-state index contributed by atoms with van der Waals surface area (Å²) in [6.07, 6.45) is 5.00. The van der Waals surface area contributed by atoms with E-state index in [1.165, 1.54) is 25.7 Å². The lowest BCUT2D eigenvalue weighted by atomic mass is 9.93. The summed E-state index contributed by atoms with van der Waals surface area (Å²) in [6.45, 7) is 3.81. The largest absolute Gasteiger partial charge is 0.481 e. The Hall–Kier alpha value is -2.89. The van der Waals surface area contributed by atoms with Crippen molar-refractivity contribution in [2.45, 2.75) is 39.0 Å². The average molecular weight is 376 g/mol. The van der Waals surface area contributed by atoms with Crippen LogP contribution in [0.1, 0.15) is 36.9 Å². The van der Waals surface area contributed by atoms with Crippen LogP contribution in [0.5, 0.6) is 0 Å². The molecule has 1 aliphatic carbocycles. The predicted molar refractivity (Wildman–Crippen MR) is 108 cm³/mol. The number of carboxylic acids is 1. The minimum atomic E-state index is -0.836. The van der Waals surface area contributed by atoms with E-state index in [-0.39, 0.29) is 6.42 Å². The Bertz CT molecular complexity index is 1040. The van der Waals surface area contributed by atoms with Crippen LogP contribution in [0.3, 0.4) is 0 Å². The van der Waals surface area contributed by atoms with Crippen LogP contribution in [0.25, 0.3) is 16.9 Å². The van der Waals surface area contributed by atoms with Gasteiger partial charge in [0.05, 0.1) is 12.1 Å². The number of aliphatic carboxylic acids is 1. The standard InChI is InChI=1S/C22H24N4O2/c1-15-17(13-20(27)28)21(25-11-9-22(7-8-22)10-12-25)26-19(23-15)14-18(24-26)16-5-3-2-4-6-16/h2-6,14H,7-13H2,1H3,(H,27,28). The third-order valence-electron chi connectivity index (χ3n) is 6.36. The van der Waals surface area contributed by atoms with Crippen LogP contribution in [-0.4, -0.2) is 38.8 Å². The summed E-state index contributed by atoms with van der Waals surface area (Å²) in [5.41, 5.74) is 4.77. The highest BCUT2D eigenvalue weighted by Gasteiger charge is 2.45. The van der Waals surface area contributed by atoms with Gasteiger partial charge in [0.25, 0.3) is 0 Å². The fourth-order valence-electron chi connectivity index (χ4n) is 4.44. The molecule has 2 aliphatic rings. The molecule has 6 nitrogen and oxygen atoms in total. The Labute approximate surface area is 163 Å². The normalized spacial score (nSPS) is 18.0. The highest BCUT2D eigenvalue weighted by molar-refractivity contribution is 5.75. The zero-order valence-corrected chi connectivity index (χ0v) is 16.1. The van der Waals surface area contributed by atoms with E-state index in [4.69, 9.17) is 5.10 Å². The summed E-state index contributed by atoms with van der Waals surface area (Å²) in [5.74, 6) is 0.0687. The Morgan fingerprint density at radius 3 is 2.50 bits per heavy atom. The first-order chi connectivity index (χ1) is 13.5. The SMILES string of the molecule is Cc1nc2cc(-c3ccccc3)nn2c(N2CCC3(CC2)CC3)c1CC(=O)O. The van der Waals surface area contributed by atoms with Crippen LogP contribution in [0.2, 0.25) is 0 Å². The van der Waals surface area contributed by atoms with E-state index in [1.807, 2.05) is 47.8 Å². The van der Waals surface area contributed by atoms with E-state index >= 15 is 0 Å². The van der Waals surface area contributed by atoms with Crippen molar-refractivity contribution in [3.63, 3.8) is 0 Å². The molecular formula is C22H24N4O2. The molecule has 1 spiro atoms. The molecule has 0 radical (unpaired) electrons. The molecule has 2 fully saturated rings. The van der Waals surface area contributed by atoms with Gasteiger partial charge in [0.2, 0.25) is 0 Å². The van der Waals surface area contributed by atoms with Crippen molar-refractivity contribution in [1.82, 2.24) is 14.6 Å². The first kappa shape index (κ1) is 17.2. The molecule has 1 saturated heterocycles. The van der Waals surface area contributed by atoms with Crippen molar-refractivity contribution in [1.29, 1.82) is 0 Å². The van der Waals surface area contributed by atoms with Crippen LogP contribution in [0, 0.1) is 12.3 Å². The van der Waals surface area contributed by atoms with Gasteiger partial charge >= 0.3 is 5.97 Å². The van der Waals surface area contributed by atoms with Gasteiger partial charge in [0.15, 0.2) is 5.65 Å². The van der Waals surface area contributed by atoms with E-state index < -0.39 is 5.97 Å². The monoisotopic (exact) mass is 376 g/mol. The number of nitrogens with zero attached hydrogens (tertiary/aromatic N) is 4. The summed E-state index contributed by atoms with van der Waals surface area (Å²) >= 11 is 0. The fraction of sp³-hybridized carbons (Fsp3) is 0.409. The van der Waals surface area contributed by atoms with Gasteiger partial charge in [-0.25, -0.2) is 4.98 Å². The molecule has 0 atom stereocenters. The molecule has 1 aliphatic heterocycles. The van der Waals surface area contributed by atoms with Crippen molar-refractivity contribution in [2.24, 2.45) is 5.41 Å². The van der Waals surface area contributed by atoms with Gasteiger partial charge in [0, 0.05) is 36.0 Å². The van der Waals surface area contributed by atoms with Crippen LogP contribution in [0.4, 0.5) is 5.82 Å². The molecule has 0 bridgehead atoms. The molecule has 1 saturated carbocycles. The van der Waals surface area contributed by atoms with Crippen molar-refractivity contribution >= 4 is 17.4 Å². The van der Waals surface area contributed by atoms with Gasteiger partial charge in [-0.3, -0.25) is 4.79 Å². The molecule has 3 aromatic rings. The third kappa shape index (κ3) is 2.93. The number of aromatic nitrogens is 3. The lowest BCUT2D eigenvalue weighted by Crippen LogP contribution is -2.37. The van der Waals surface area contributed by atoms with E-state index in [0.717, 1.165) is 47.1 Å². The molecule has 1 aromatic carbocycles. The van der Waals surface area contributed by atoms with E-state index in [2.05, 4.69) is 9.88 Å². The number of piperidine rings is 1. The van der Waals surface area contributed by atoms with Crippen molar-refractivity contribution < 1.29 is 9.90 Å². The summed E-state index contributed by atoms with van der Waals surface area (Å²) in [5, 5.41) is 14.3. The van der Waals surface area contributed by atoms with Crippen LogP contribution in [0.15, 0.2) is 36.4 Å². The minimum absolute atomic E-state index is 0.0354. The zero-order valence-electron chi connectivity index (χ0n) is 16.1. The molecular weight excluding hydrogens is 352 g/mol. The highest BCUT2D eigenvalue weighted by Crippen LogP contribution is 2.54. The summed E-state index contributed by atoms with van der Waals surface area (Å²) in [6, 6.07) is 12.0. The van der Waals surface area contributed by atoms with E-state index in [1.54, 1.807) is 0 Å². The Morgan fingerprint density at radius 2 is 1.86 bits per heavy atom. The van der Waals surface area contributed by atoms with Gasteiger partial charge < -0.3 is 10.0 Å². The lowest BCUT2D eigenvalue weighted by Gasteiger charge is -2.35. The first-order valence-corrected chi connectivity index (χ1v) is 9.96. The van der Waals surface area contributed by atoms with Crippen molar-refractivity contribution in [3.05, 3.63) is 47.7 Å². The number of carboxylic acid groups (broad SMARTS) is 1. The number of carbonyl (C=O) groups is 1. The summed E-state index contributed by atoms with van der Waals surface area (Å²) in [7, 11) is 0. The number of aryl methyl sites for hydroxylation is 1. The predicted octanol–water partition coefficient (Wildman–Crippen LogP) is 3.71. The maximum absolute atomic E-state index is 11.6. The van der Waals surface area contributed by atoms with Gasteiger partial charge in [-0.2, -0.15) is 9.61 Å². The molecule has 5 rings (SSSR count). The smallest absolute Gasteiger partial charge is 0.308 e. The number of benzene rings is 1. The second-order valence-corrected chi connectivity index (χ2v) is 8.22. The second-order valence-electron chi connectivity index (χ2n) is 8.22. The van der Waals surface area contributed by atoms with Crippen LogP contribution < -0.4 is 4.90 Å². The van der Waals surface area contributed by atoms with Gasteiger partial charge in [-0.05, 0) is 38.0 Å².